The fourth-order valence-corrected chi connectivity index (χ4v) is 3.59. The Kier molecular flexibility index (Phi) is 2.54. The Bertz CT molecular complexity index is 667. The van der Waals surface area contributed by atoms with Crippen LogP contribution < -0.4 is 0 Å². The molecule has 0 unspecified atom stereocenters. The van der Waals surface area contributed by atoms with Crippen LogP contribution in [0.3, 0.4) is 0 Å². The molecule has 1 aliphatic carbocycles. The molecule has 0 spiro atoms. The molecule has 0 atom stereocenters. The van der Waals surface area contributed by atoms with Gasteiger partial charge in [0.2, 0.25) is 0 Å². The number of benzene rings is 1. The first-order valence-electron chi connectivity index (χ1n) is 7.29. The molecule has 0 radical (unpaired) electrons. The summed E-state index contributed by atoms with van der Waals surface area (Å²) in [5.74, 6) is 0.699. The first-order chi connectivity index (χ1) is 9.45. The van der Waals surface area contributed by atoms with Crippen molar-refractivity contribution >= 4 is 16.4 Å². The lowest BCUT2D eigenvalue weighted by Gasteiger charge is -2.22. The van der Waals surface area contributed by atoms with Crippen molar-refractivity contribution in [3.8, 4) is 0 Å². The minimum atomic E-state index is 0.699. The van der Waals surface area contributed by atoms with Crippen LogP contribution in [0.25, 0.3) is 16.4 Å². The Labute approximate surface area is 113 Å². The summed E-state index contributed by atoms with van der Waals surface area (Å²) in [6, 6.07) is 10.8. The number of hydrogen-bond acceptors (Lipinski definition) is 1. The number of nitrogens with zero attached hydrogens (tertiary/aromatic N) is 2. The second kappa shape index (κ2) is 4.37. The molecule has 1 aromatic carbocycles. The fourth-order valence-electron chi connectivity index (χ4n) is 3.59. The molecule has 4 rings (SSSR count). The lowest BCUT2D eigenvalue weighted by molar-refractivity contribution is 0.437. The third-order valence-electron chi connectivity index (χ3n) is 4.44. The zero-order chi connectivity index (χ0) is 12.7. The lowest BCUT2D eigenvalue weighted by atomic mass is 9.86. The van der Waals surface area contributed by atoms with Gasteiger partial charge in [0.15, 0.2) is 0 Å². The molecule has 0 saturated heterocycles. The van der Waals surface area contributed by atoms with E-state index in [1.807, 2.05) is 12.3 Å². The summed E-state index contributed by atoms with van der Waals surface area (Å²) in [7, 11) is 0. The molecule has 2 heterocycles. The highest BCUT2D eigenvalue weighted by atomic mass is 15.0. The van der Waals surface area contributed by atoms with Gasteiger partial charge in [-0.15, -0.1) is 0 Å². The van der Waals surface area contributed by atoms with Crippen molar-refractivity contribution in [1.29, 1.82) is 0 Å². The highest BCUT2D eigenvalue weighted by molar-refractivity contribution is 5.98. The molecule has 96 valence electrons. The summed E-state index contributed by atoms with van der Waals surface area (Å²) in [5.41, 5.74) is 2.59. The van der Waals surface area contributed by atoms with E-state index >= 15 is 0 Å². The predicted octanol–water partition coefficient (Wildman–Crippen LogP) is 4.54. The fraction of sp³-hybridized carbons (Fsp3) is 0.353. The molecular weight excluding hydrogens is 232 g/mol. The summed E-state index contributed by atoms with van der Waals surface area (Å²) >= 11 is 0. The number of fused-ring (bicyclic) bond motifs is 3. The van der Waals surface area contributed by atoms with Crippen molar-refractivity contribution in [2.75, 3.05) is 0 Å². The highest BCUT2D eigenvalue weighted by Gasteiger charge is 2.22. The van der Waals surface area contributed by atoms with Crippen LogP contribution in [0, 0.1) is 0 Å². The van der Waals surface area contributed by atoms with Crippen LogP contribution in [-0.2, 0) is 0 Å². The van der Waals surface area contributed by atoms with Gasteiger partial charge in [-0.2, -0.15) is 0 Å². The van der Waals surface area contributed by atoms with E-state index in [2.05, 4.69) is 39.8 Å². The van der Waals surface area contributed by atoms with Crippen LogP contribution in [-0.4, -0.2) is 9.38 Å². The van der Waals surface area contributed by atoms with Gasteiger partial charge in [0.05, 0.1) is 0 Å². The summed E-state index contributed by atoms with van der Waals surface area (Å²) in [6.07, 6.45) is 10.9. The van der Waals surface area contributed by atoms with Gasteiger partial charge < -0.3 is 4.40 Å². The van der Waals surface area contributed by atoms with Gasteiger partial charge in [-0.3, -0.25) is 0 Å². The van der Waals surface area contributed by atoms with E-state index in [1.54, 1.807) is 0 Å². The van der Waals surface area contributed by atoms with Crippen molar-refractivity contribution in [3.63, 3.8) is 0 Å². The third kappa shape index (κ3) is 1.66. The maximum atomic E-state index is 4.59. The van der Waals surface area contributed by atoms with Crippen molar-refractivity contribution in [3.05, 3.63) is 48.4 Å². The molecule has 1 fully saturated rings. The summed E-state index contributed by atoms with van der Waals surface area (Å²) in [6.45, 7) is 0. The Balaban J connectivity index is 2.04. The standard InChI is InChI=1S/C17H18N2/c1-2-7-13(8-3-1)16-14-9-4-5-10-15(14)17-18-11-6-12-19(16)17/h4-6,9-13H,1-3,7-8H2. The Hall–Kier alpha value is -1.83. The predicted molar refractivity (Wildman–Crippen MR) is 78.5 cm³/mol. The number of hydrogen-bond donors (Lipinski definition) is 0. The van der Waals surface area contributed by atoms with Gasteiger partial charge in [0.1, 0.15) is 5.65 Å². The molecule has 2 heteroatoms. The third-order valence-corrected chi connectivity index (χ3v) is 4.44. The first kappa shape index (κ1) is 11.0. The molecule has 0 N–H and O–H groups in total. The highest BCUT2D eigenvalue weighted by Crippen LogP contribution is 2.38. The molecular formula is C17H18N2. The number of rotatable bonds is 1. The van der Waals surface area contributed by atoms with E-state index in [9.17, 15) is 0 Å². The summed E-state index contributed by atoms with van der Waals surface area (Å²) in [5, 5.41) is 2.69. The van der Waals surface area contributed by atoms with Gasteiger partial charge >= 0.3 is 0 Å². The average Bonchev–Trinajstić information content (AvgIpc) is 2.83. The SMILES string of the molecule is c1ccc2c(c1)c(C1CCCCC1)n1cccnc21. The van der Waals surface area contributed by atoms with Gasteiger partial charge in [0, 0.05) is 34.8 Å². The second-order valence-corrected chi connectivity index (χ2v) is 5.58. The van der Waals surface area contributed by atoms with Crippen LogP contribution >= 0.6 is 0 Å². The van der Waals surface area contributed by atoms with Crippen molar-refractivity contribution in [1.82, 2.24) is 9.38 Å². The zero-order valence-electron chi connectivity index (χ0n) is 11.0. The average molecular weight is 250 g/mol. The maximum absolute atomic E-state index is 4.59. The minimum Gasteiger partial charge on any atom is -0.304 e. The van der Waals surface area contributed by atoms with E-state index in [0.29, 0.717) is 5.92 Å². The smallest absolute Gasteiger partial charge is 0.144 e. The Morgan fingerprint density at radius 1 is 0.947 bits per heavy atom. The second-order valence-electron chi connectivity index (χ2n) is 5.58. The monoisotopic (exact) mass is 250 g/mol. The molecule has 0 bridgehead atoms. The molecule has 3 aromatic rings. The van der Waals surface area contributed by atoms with Crippen molar-refractivity contribution in [2.45, 2.75) is 38.0 Å². The molecule has 19 heavy (non-hydrogen) atoms. The van der Waals surface area contributed by atoms with Crippen molar-refractivity contribution < 1.29 is 0 Å². The van der Waals surface area contributed by atoms with E-state index in [1.165, 1.54) is 48.6 Å². The van der Waals surface area contributed by atoms with E-state index < -0.39 is 0 Å². The maximum Gasteiger partial charge on any atom is 0.144 e. The normalized spacial score (nSPS) is 17.3. The summed E-state index contributed by atoms with van der Waals surface area (Å²) in [4.78, 5) is 4.59. The van der Waals surface area contributed by atoms with E-state index in [-0.39, 0.29) is 0 Å². The van der Waals surface area contributed by atoms with Crippen LogP contribution in [0.15, 0.2) is 42.7 Å². The van der Waals surface area contributed by atoms with Crippen LogP contribution in [0.4, 0.5) is 0 Å². The van der Waals surface area contributed by atoms with E-state index in [4.69, 9.17) is 0 Å². The molecule has 2 nitrogen and oxygen atoms in total. The molecule has 0 amide bonds. The molecule has 2 aromatic heterocycles. The molecule has 0 aliphatic heterocycles. The number of aromatic nitrogens is 2. The van der Waals surface area contributed by atoms with Gasteiger partial charge in [0.25, 0.3) is 0 Å². The minimum absolute atomic E-state index is 0.699. The Morgan fingerprint density at radius 2 is 1.74 bits per heavy atom. The zero-order valence-corrected chi connectivity index (χ0v) is 11.0. The molecule has 1 aliphatic rings. The Morgan fingerprint density at radius 3 is 2.58 bits per heavy atom. The van der Waals surface area contributed by atoms with Gasteiger partial charge in [-0.1, -0.05) is 43.5 Å². The van der Waals surface area contributed by atoms with Crippen molar-refractivity contribution in [2.24, 2.45) is 0 Å². The van der Waals surface area contributed by atoms with Crippen LogP contribution in [0.5, 0.6) is 0 Å². The van der Waals surface area contributed by atoms with Crippen LogP contribution in [0.1, 0.15) is 43.7 Å². The lowest BCUT2D eigenvalue weighted by Crippen LogP contribution is -2.07. The largest absolute Gasteiger partial charge is 0.304 e. The van der Waals surface area contributed by atoms with E-state index in [0.717, 1.165) is 5.65 Å². The van der Waals surface area contributed by atoms with Crippen LogP contribution in [0.2, 0.25) is 0 Å². The first-order valence-corrected chi connectivity index (χ1v) is 7.29. The molecule has 1 saturated carbocycles. The summed E-state index contributed by atoms with van der Waals surface area (Å²) < 4.78 is 2.32. The van der Waals surface area contributed by atoms with Gasteiger partial charge in [-0.05, 0) is 18.9 Å². The topological polar surface area (TPSA) is 17.3 Å². The van der Waals surface area contributed by atoms with Gasteiger partial charge in [-0.25, -0.2) is 4.98 Å². The quantitative estimate of drug-likeness (QED) is 0.620.